The zero-order valence-electron chi connectivity index (χ0n) is 12.0. The Labute approximate surface area is 127 Å². The number of benzene rings is 1. The molecule has 1 aliphatic rings. The highest BCUT2D eigenvalue weighted by Crippen LogP contribution is 2.28. The molecular formula is C15H22NO4P. The molecule has 116 valence electrons. The fourth-order valence-electron chi connectivity index (χ4n) is 2.56. The first-order chi connectivity index (χ1) is 10.1. The molecule has 1 aromatic rings. The minimum atomic E-state index is -0.714. The molecule has 1 aliphatic carbocycles. The summed E-state index contributed by atoms with van der Waals surface area (Å²) in [7, 11) is 2.07. The van der Waals surface area contributed by atoms with Crippen molar-refractivity contribution in [2.24, 2.45) is 5.73 Å². The third-order valence-corrected chi connectivity index (χ3v) is 4.00. The highest BCUT2D eigenvalue weighted by atomic mass is 31.0. The molecule has 21 heavy (non-hydrogen) atoms. The van der Waals surface area contributed by atoms with E-state index in [0.717, 1.165) is 31.2 Å². The van der Waals surface area contributed by atoms with Crippen LogP contribution in [0, 0.1) is 0 Å². The van der Waals surface area contributed by atoms with Gasteiger partial charge in [0.1, 0.15) is 12.1 Å². The van der Waals surface area contributed by atoms with E-state index in [9.17, 15) is 9.90 Å². The topological polar surface area (TPSA) is 81.8 Å². The van der Waals surface area contributed by atoms with Gasteiger partial charge in [0.2, 0.25) is 0 Å². The number of nitrogens with two attached hydrogens (primary N) is 1. The lowest BCUT2D eigenvalue weighted by Gasteiger charge is -2.23. The van der Waals surface area contributed by atoms with Gasteiger partial charge in [-0.15, -0.1) is 0 Å². The van der Waals surface area contributed by atoms with Crippen LogP contribution in [0.3, 0.4) is 0 Å². The van der Waals surface area contributed by atoms with Crippen LogP contribution in [-0.4, -0.2) is 23.2 Å². The SMILES string of the molecule is N[C@@H](Cc1ccc(OP)c(O)c1)C(=O)OC1CCCCC1. The van der Waals surface area contributed by atoms with Crippen molar-refractivity contribution in [3.63, 3.8) is 0 Å². The fraction of sp³-hybridized carbons (Fsp3) is 0.533. The first-order valence-electron chi connectivity index (χ1n) is 7.25. The van der Waals surface area contributed by atoms with E-state index < -0.39 is 6.04 Å². The van der Waals surface area contributed by atoms with Gasteiger partial charge in [-0.2, -0.15) is 0 Å². The normalized spacial score (nSPS) is 17.2. The van der Waals surface area contributed by atoms with Crippen LogP contribution in [-0.2, 0) is 16.0 Å². The van der Waals surface area contributed by atoms with E-state index in [1.807, 2.05) is 0 Å². The predicted octanol–water partition coefficient (Wildman–Crippen LogP) is 2.31. The van der Waals surface area contributed by atoms with E-state index >= 15 is 0 Å². The Morgan fingerprint density at radius 1 is 1.38 bits per heavy atom. The summed E-state index contributed by atoms with van der Waals surface area (Å²) in [6.45, 7) is 0. The number of esters is 1. The van der Waals surface area contributed by atoms with Crippen molar-refractivity contribution in [1.82, 2.24) is 0 Å². The van der Waals surface area contributed by atoms with Crippen LogP contribution in [0.5, 0.6) is 11.5 Å². The number of ether oxygens (including phenoxy) is 1. The van der Waals surface area contributed by atoms with E-state index in [2.05, 4.69) is 9.47 Å². The van der Waals surface area contributed by atoms with Gasteiger partial charge in [-0.1, -0.05) is 12.5 Å². The summed E-state index contributed by atoms with van der Waals surface area (Å²) in [5.41, 5.74) is 6.67. The molecule has 0 aliphatic heterocycles. The second kappa shape index (κ2) is 7.62. The summed E-state index contributed by atoms with van der Waals surface area (Å²) in [5.74, 6) is 0.0187. The highest BCUT2D eigenvalue weighted by molar-refractivity contribution is 7.10. The Bertz CT molecular complexity index is 489. The van der Waals surface area contributed by atoms with Crippen LogP contribution >= 0.6 is 9.47 Å². The van der Waals surface area contributed by atoms with Crippen molar-refractivity contribution >= 4 is 15.4 Å². The van der Waals surface area contributed by atoms with Crippen molar-refractivity contribution in [3.8, 4) is 11.5 Å². The number of phenolic OH excluding ortho intramolecular Hbond substituents is 1. The number of phenols is 1. The van der Waals surface area contributed by atoms with Crippen molar-refractivity contribution in [2.45, 2.75) is 50.7 Å². The Balaban J connectivity index is 1.89. The zero-order chi connectivity index (χ0) is 15.2. The lowest BCUT2D eigenvalue weighted by atomic mass is 9.97. The quantitative estimate of drug-likeness (QED) is 0.644. The molecule has 1 unspecified atom stereocenters. The molecule has 1 saturated carbocycles. The summed E-state index contributed by atoms with van der Waals surface area (Å²) in [4.78, 5) is 12.0. The lowest BCUT2D eigenvalue weighted by Crippen LogP contribution is -2.37. The van der Waals surface area contributed by atoms with Gasteiger partial charge in [-0.05, 0) is 49.8 Å². The van der Waals surface area contributed by atoms with Crippen LogP contribution in [0.25, 0.3) is 0 Å². The second-order valence-corrected chi connectivity index (χ2v) is 5.66. The van der Waals surface area contributed by atoms with Crippen molar-refractivity contribution in [2.75, 3.05) is 0 Å². The molecule has 0 spiro atoms. The number of hydrogen-bond donors (Lipinski definition) is 2. The van der Waals surface area contributed by atoms with Gasteiger partial charge in [-0.3, -0.25) is 4.79 Å². The van der Waals surface area contributed by atoms with Crippen molar-refractivity contribution < 1.29 is 19.2 Å². The summed E-state index contributed by atoms with van der Waals surface area (Å²) in [5, 5.41) is 9.71. The average molecular weight is 311 g/mol. The molecule has 1 fully saturated rings. The first kappa shape index (κ1) is 16.1. The zero-order valence-corrected chi connectivity index (χ0v) is 13.1. The van der Waals surface area contributed by atoms with Gasteiger partial charge in [0, 0.05) is 0 Å². The summed E-state index contributed by atoms with van der Waals surface area (Å²) >= 11 is 0. The molecule has 2 rings (SSSR count). The third kappa shape index (κ3) is 4.58. The number of carbonyl (C=O) groups excluding carboxylic acids is 1. The van der Waals surface area contributed by atoms with E-state index in [1.54, 1.807) is 18.2 Å². The third-order valence-electron chi connectivity index (χ3n) is 3.74. The Hall–Kier alpha value is -1.32. The maximum absolute atomic E-state index is 12.0. The maximum atomic E-state index is 12.0. The summed E-state index contributed by atoms with van der Waals surface area (Å²) in [6, 6.07) is 4.24. The number of rotatable bonds is 5. The molecule has 0 bridgehead atoms. The minimum absolute atomic E-state index is 0.0126. The van der Waals surface area contributed by atoms with Gasteiger partial charge in [0.25, 0.3) is 0 Å². The van der Waals surface area contributed by atoms with Gasteiger partial charge < -0.3 is 20.1 Å². The van der Waals surface area contributed by atoms with Crippen LogP contribution in [0.4, 0.5) is 0 Å². The molecule has 6 heteroatoms. The molecule has 0 saturated heterocycles. The standard InChI is InChI=1S/C15H22NO4P/c16-12(15(18)19-11-4-2-1-3-5-11)8-10-6-7-14(20-21)13(17)9-10/h6-7,9,11-12,17H,1-5,8,16,21H2/t12-/m0/s1. The molecule has 3 N–H and O–H groups in total. The van der Waals surface area contributed by atoms with Gasteiger partial charge >= 0.3 is 5.97 Å². The Morgan fingerprint density at radius 2 is 2.10 bits per heavy atom. The van der Waals surface area contributed by atoms with E-state index in [0.29, 0.717) is 12.2 Å². The van der Waals surface area contributed by atoms with Crippen molar-refractivity contribution in [3.05, 3.63) is 23.8 Å². The molecule has 2 atom stereocenters. The highest BCUT2D eigenvalue weighted by Gasteiger charge is 2.22. The summed E-state index contributed by atoms with van der Waals surface area (Å²) < 4.78 is 10.3. The van der Waals surface area contributed by atoms with Gasteiger partial charge in [0.05, 0.1) is 9.47 Å². The molecule has 0 radical (unpaired) electrons. The molecule has 5 nitrogen and oxygen atoms in total. The van der Waals surface area contributed by atoms with E-state index in [4.69, 9.17) is 15.0 Å². The van der Waals surface area contributed by atoms with Gasteiger partial charge in [0.15, 0.2) is 11.5 Å². The van der Waals surface area contributed by atoms with Gasteiger partial charge in [-0.25, -0.2) is 0 Å². The molecule has 0 amide bonds. The van der Waals surface area contributed by atoms with Crippen LogP contribution in [0.1, 0.15) is 37.7 Å². The maximum Gasteiger partial charge on any atom is 0.323 e. The lowest BCUT2D eigenvalue weighted by molar-refractivity contribution is -0.152. The fourth-order valence-corrected chi connectivity index (χ4v) is 2.76. The molecule has 0 aromatic heterocycles. The van der Waals surface area contributed by atoms with Crippen LogP contribution in [0.2, 0.25) is 0 Å². The second-order valence-electron chi connectivity index (χ2n) is 5.43. The smallest absolute Gasteiger partial charge is 0.323 e. The first-order valence-corrected chi connectivity index (χ1v) is 7.72. The summed E-state index contributed by atoms with van der Waals surface area (Å²) in [6.07, 6.45) is 5.63. The minimum Gasteiger partial charge on any atom is -0.504 e. The van der Waals surface area contributed by atoms with E-state index in [1.165, 1.54) is 6.42 Å². The van der Waals surface area contributed by atoms with Crippen LogP contribution in [0.15, 0.2) is 18.2 Å². The average Bonchev–Trinajstić information content (AvgIpc) is 2.48. The number of carbonyl (C=O) groups is 1. The van der Waals surface area contributed by atoms with Crippen molar-refractivity contribution in [1.29, 1.82) is 0 Å². The number of aromatic hydroxyl groups is 1. The molecule has 0 heterocycles. The Morgan fingerprint density at radius 3 is 2.71 bits per heavy atom. The molecular weight excluding hydrogens is 289 g/mol. The molecule has 1 aromatic carbocycles. The largest absolute Gasteiger partial charge is 0.504 e. The predicted molar refractivity (Wildman–Crippen MR) is 83.1 cm³/mol. The number of hydrogen-bond acceptors (Lipinski definition) is 5. The Kier molecular flexibility index (Phi) is 5.83. The monoisotopic (exact) mass is 311 g/mol. The van der Waals surface area contributed by atoms with E-state index in [-0.39, 0.29) is 17.8 Å². The van der Waals surface area contributed by atoms with Crippen LogP contribution < -0.4 is 10.3 Å².